The van der Waals surface area contributed by atoms with Crippen LogP contribution in [-0.2, 0) is 14.8 Å². The number of rotatable bonds is 2. The first-order chi connectivity index (χ1) is 7.98. The van der Waals surface area contributed by atoms with Gasteiger partial charge in [-0.15, -0.1) is 0 Å². The molecule has 0 spiro atoms. The second-order valence-corrected chi connectivity index (χ2v) is 6.00. The van der Waals surface area contributed by atoms with Gasteiger partial charge in [-0.2, -0.15) is 0 Å². The Hall–Kier alpha value is -1.11. The minimum Gasteiger partial charge on any atom is -0.508 e. The summed E-state index contributed by atoms with van der Waals surface area (Å²) >= 11 is 0. The SMILES string of the molecule is NS(=O)(=O)C1CCOC(c2ccccc2O)C1. The molecule has 1 aromatic carbocycles. The normalized spacial score (nSPS) is 25.7. The second kappa shape index (κ2) is 4.64. The predicted molar refractivity (Wildman–Crippen MR) is 62.9 cm³/mol. The van der Waals surface area contributed by atoms with Gasteiger partial charge >= 0.3 is 0 Å². The number of aromatic hydroxyl groups is 1. The van der Waals surface area contributed by atoms with Crippen LogP contribution in [0.4, 0.5) is 0 Å². The van der Waals surface area contributed by atoms with Gasteiger partial charge in [0.1, 0.15) is 5.75 Å². The van der Waals surface area contributed by atoms with Crippen molar-refractivity contribution in [2.75, 3.05) is 6.61 Å². The van der Waals surface area contributed by atoms with Gasteiger partial charge in [-0.25, -0.2) is 13.6 Å². The average molecular weight is 257 g/mol. The van der Waals surface area contributed by atoms with Crippen molar-refractivity contribution in [2.24, 2.45) is 5.14 Å². The van der Waals surface area contributed by atoms with Crippen molar-refractivity contribution < 1.29 is 18.3 Å². The number of nitrogens with two attached hydrogens (primary N) is 1. The number of primary sulfonamides is 1. The molecule has 0 aromatic heterocycles. The fourth-order valence-electron chi connectivity index (χ4n) is 2.04. The topological polar surface area (TPSA) is 89.6 Å². The molecule has 0 aliphatic carbocycles. The molecule has 0 bridgehead atoms. The van der Waals surface area contributed by atoms with Crippen molar-refractivity contribution in [2.45, 2.75) is 24.2 Å². The third-order valence-electron chi connectivity index (χ3n) is 2.98. The lowest BCUT2D eigenvalue weighted by molar-refractivity contribution is 0.0152. The van der Waals surface area contributed by atoms with Crippen LogP contribution in [0.1, 0.15) is 24.5 Å². The molecule has 3 N–H and O–H groups in total. The largest absolute Gasteiger partial charge is 0.508 e. The molecular formula is C11H15NO4S. The Kier molecular flexibility index (Phi) is 3.37. The van der Waals surface area contributed by atoms with E-state index in [1.807, 2.05) is 0 Å². The fraction of sp³-hybridized carbons (Fsp3) is 0.455. The molecule has 1 aliphatic heterocycles. The second-order valence-electron chi connectivity index (χ2n) is 4.15. The minimum absolute atomic E-state index is 0.118. The third-order valence-corrected chi connectivity index (χ3v) is 4.34. The molecule has 0 amide bonds. The maximum Gasteiger partial charge on any atom is 0.212 e. The van der Waals surface area contributed by atoms with Crippen molar-refractivity contribution in [3.63, 3.8) is 0 Å². The number of phenolic OH excluding ortho intramolecular Hbond substituents is 1. The van der Waals surface area contributed by atoms with Gasteiger partial charge in [0.15, 0.2) is 0 Å². The molecule has 5 nitrogen and oxygen atoms in total. The molecule has 0 radical (unpaired) electrons. The van der Waals surface area contributed by atoms with Crippen LogP contribution >= 0.6 is 0 Å². The zero-order valence-corrected chi connectivity index (χ0v) is 10.1. The van der Waals surface area contributed by atoms with E-state index >= 15 is 0 Å². The summed E-state index contributed by atoms with van der Waals surface area (Å²) in [6, 6.07) is 6.77. The maximum atomic E-state index is 11.3. The number of hydrogen-bond donors (Lipinski definition) is 2. The molecule has 1 aromatic rings. The fourth-order valence-corrected chi connectivity index (χ4v) is 2.91. The Morgan fingerprint density at radius 2 is 2.06 bits per heavy atom. The zero-order chi connectivity index (χ0) is 12.5. The van der Waals surface area contributed by atoms with Crippen LogP contribution in [0, 0.1) is 0 Å². The molecule has 6 heteroatoms. The van der Waals surface area contributed by atoms with E-state index in [1.165, 1.54) is 0 Å². The highest BCUT2D eigenvalue weighted by Crippen LogP contribution is 2.34. The van der Waals surface area contributed by atoms with E-state index in [9.17, 15) is 13.5 Å². The van der Waals surface area contributed by atoms with Gasteiger partial charge in [0.2, 0.25) is 10.0 Å². The molecule has 1 aliphatic rings. The molecule has 2 unspecified atom stereocenters. The quantitative estimate of drug-likeness (QED) is 0.823. The van der Waals surface area contributed by atoms with Crippen molar-refractivity contribution in [3.8, 4) is 5.75 Å². The maximum absolute atomic E-state index is 11.3. The van der Waals surface area contributed by atoms with Crippen molar-refractivity contribution in [1.82, 2.24) is 0 Å². The van der Waals surface area contributed by atoms with Crippen LogP contribution in [0.2, 0.25) is 0 Å². The summed E-state index contributed by atoms with van der Waals surface area (Å²) < 4.78 is 28.1. The Morgan fingerprint density at radius 1 is 1.35 bits per heavy atom. The molecule has 1 fully saturated rings. The van der Waals surface area contributed by atoms with E-state index in [0.717, 1.165) is 0 Å². The smallest absolute Gasteiger partial charge is 0.212 e. The zero-order valence-electron chi connectivity index (χ0n) is 9.24. The van der Waals surface area contributed by atoms with Gasteiger partial charge in [-0.3, -0.25) is 0 Å². The molecule has 17 heavy (non-hydrogen) atoms. The molecule has 2 atom stereocenters. The highest BCUT2D eigenvalue weighted by Gasteiger charge is 2.31. The van der Waals surface area contributed by atoms with E-state index in [0.29, 0.717) is 18.6 Å². The third kappa shape index (κ3) is 2.77. The van der Waals surface area contributed by atoms with Gasteiger partial charge in [0.25, 0.3) is 0 Å². The number of phenols is 1. The lowest BCUT2D eigenvalue weighted by atomic mass is 10.0. The van der Waals surface area contributed by atoms with Crippen LogP contribution in [0.25, 0.3) is 0 Å². The van der Waals surface area contributed by atoms with Gasteiger partial charge in [-0.05, 0) is 18.9 Å². The minimum atomic E-state index is -3.54. The van der Waals surface area contributed by atoms with E-state index in [-0.39, 0.29) is 12.2 Å². The molecule has 2 rings (SSSR count). The summed E-state index contributed by atoms with van der Waals surface area (Å²) in [5, 5.41) is 14.2. The van der Waals surface area contributed by atoms with E-state index in [4.69, 9.17) is 9.88 Å². The van der Waals surface area contributed by atoms with Crippen molar-refractivity contribution in [1.29, 1.82) is 0 Å². The lowest BCUT2D eigenvalue weighted by Gasteiger charge is -2.28. The molecule has 1 heterocycles. The number of hydrogen-bond acceptors (Lipinski definition) is 4. The first-order valence-corrected chi connectivity index (χ1v) is 7.00. The monoisotopic (exact) mass is 257 g/mol. The summed E-state index contributed by atoms with van der Waals surface area (Å²) in [4.78, 5) is 0. The van der Waals surface area contributed by atoms with Crippen LogP contribution in [0.15, 0.2) is 24.3 Å². The summed E-state index contributed by atoms with van der Waals surface area (Å²) in [5.41, 5.74) is 0.612. The first kappa shape index (κ1) is 12.3. The van der Waals surface area contributed by atoms with Gasteiger partial charge < -0.3 is 9.84 Å². The number of benzene rings is 1. The highest BCUT2D eigenvalue weighted by molar-refractivity contribution is 7.89. The van der Waals surface area contributed by atoms with E-state index in [1.54, 1.807) is 24.3 Å². The van der Waals surface area contributed by atoms with Crippen molar-refractivity contribution in [3.05, 3.63) is 29.8 Å². The molecule has 94 valence electrons. The average Bonchev–Trinajstić information content (AvgIpc) is 2.29. The first-order valence-electron chi connectivity index (χ1n) is 5.39. The molecule has 1 saturated heterocycles. The number of sulfonamides is 1. The number of ether oxygens (including phenoxy) is 1. The van der Waals surface area contributed by atoms with Crippen LogP contribution in [0.3, 0.4) is 0 Å². The lowest BCUT2D eigenvalue weighted by Crippen LogP contribution is -2.35. The molecular weight excluding hydrogens is 242 g/mol. The van der Waals surface area contributed by atoms with E-state index in [2.05, 4.69) is 0 Å². The number of para-hydroxylation sites is 1. The Morgan fingerprint density at radius 3 is 2.71 bits per heavy atom. The summed E-state index contributed by atoms with van der Waals surface area (Å²) in [6.07, 6.45) is 0.285. The summed E-state index contributed by atoms with van der Waals surface area (Å²) in [6.45, 7) is 0.333. The van der Waals surface area contributed by atoms with Crippen LogP contribution < -0.4 is 5.14 Å². The predicted octanol–water partition coefficient (Wildman–Crippen LogP) is 0.901. The Labute approximate surface area is 100 Å². The van der Waals surface area contributed by atoms with Gasteiger partial charge in [0, 0.05) is 12.2 Å². The van der Waals surface area contributed by atoms with Gasteiger partial charge in [0.05, 0.1) is 11.4 Å². The summed E-state index contributed by atoms with van der Waals surface area (Å²) in [7, 11) is -3.54. The summed E-state index contributed by atoms with van der Waals surface area (Å²) in [5.74, 6) is 0.118. The van der Waals surface area contributed by atoms with Crippen molar-refractivity contribution >= 4 is 10.0 Å². The van der Waals surface area contributed by atoms with Gasteiger partial charge in [-0.1, -0.05) is 18.2 Å². The molecule has 0 saturated carbocycles. The van der Waals surface area contributed by atoms with Crippen LogP contribution in [0.5, 0.6) is 5.75 Å². The Balaban J connectivity index is 2.21. The van der Waals surface area contributed by atoms with E-state index < -0.39 is 21.4 Å². The van der Waals surface area contributed by atoms with Crippen LogP contribution in [-0.4, -0.2) is 25.4 Å². The highest BCUT2D eigenvalue weighted by atomic mass is 32.2. The Bertz CT molecular complexity index is 500. The standard InChI is InChI=1S/C11H15NO4S/c12-17(14,15)8-5-6-16-11(7-8)9-3-1-2-4-10(9)13/h1-4,8,11,13H,5-7H2,(H2,12,14,15).